The monoisotopic (exact) mass is 187 g/mol. The van der Waals surface area contributed by atoms with E-state index in [0.717, 1.165) is 0 Å². The number of benzene rings is 1. The van der Waals surface area contributed by atoms with Gasteiger partial charge in [-0.05, 0) is 17.6 Å². The van der Waals surface area contributed by atoms with Crippen molar-refractivity contribution < 1.29 is 25.6 Å². The Hall–Kier alpha value is -1.75. The average molecular weight is 187 g/mol. The number of carbonyl (C=O) groups is 1. The van der Waals surface area contributed by atoms with Gasteiger partial charge in [0.2, 0.25) is 0 Å². The lowest BCUT2D eigenvalue weighted by Crippen LogP contribution is -2.20. The number of nitrogens with two attached hydrogens (primary N) is 1. The topological polar surface area (TPSA) is 104 Å². The van der Waals surface area contributed by atoms with E-state index in [2.05, 4.69) is 0 Å². The summed E-state index contributed by atoms with van der Waals surface area (Å²) in [6.45, 7) is 0. The highest BCUT2D eigenvalue weighted by Gasteiger charge is 2.15. The molecule has 0 aromatic heterocycles. The van der Waals surface area contributed by atoms with Gasteiger partial charge < -0.3 is 21.1 Å². The van der Waals surface area contributed by atoms with Crippen molar-refractivity contribution in [3.05, 3.63) is 23.7 Å². The van der Waals surface area contributed by atoms with Crippen LogP contribution in [0.25, 0.3) is 0 Å². The number of hydrogen-bond acceptors (Lipinski definition) is 4. The maximum Gasteiger partial charge on any atom is 0.325 e. The number of phenols is 2. The van der Waals surface area contributed by atoms with E-state index in [-0.39, 0.29) is 0 Å². The summed E-state index contributed by atoms with van der Waals surface area (Å²) in [5.41, 5.74) is 4.24. The molecule has 1 aromatic rings. The fourth-order valence-corrected chi connectivity index (χ4v) is 0.684. The molecule has 0 spiro atoms. The third kappa shape index (κ3) is 2.09. The Kier molecular flexibility index (Phi) is 1.30. The van der Waals surface area contributed by atoms with E-state index >= 15 is 0 Å². The van der Waals surface area contributed by atoms with Crippen LogP contribution in [0.2, 0.25) is 0 Å². The summed E-state index contributed by atoms with van der Waals surface area (Å²) in [7, 11) is 0. The molecule has 0 radical (unpaired) electrons. The van der Waals surface area contributed by atoms with Gasteiger partial charge in [0.15, 0.2) is 0 Å². The van der Waals surface area contributed by atoms with Crippen molar-refractivity contribution in [2.45, 2.75) is 6.02 Å². The zero-order valence-electron chi connectivity index (χ0n) is 10.3. The molecule has 5 heteroatoms. The van der Waals surface area contributed by atoms with E-state index in [1.54, 1.807) is 0 Å². The highest BCUT2D eigenvalue weighted by atomic mass is 16.4. The van der Waals surface area contributed by atoms with Crippen molar-refractivity contribution in [1.82, 2.24) is 0 Å². The van der Waals surface area contributed by atoms with Crippen molar-refractivity contribution in [3.63, 3.8) is 0 Å². The second kappa shape index (κ2) is 3.32. The van der Waals surface area contributed by atoms with Crippen LogP contribution in [0.5, 0.6) is 11.5 Å². The molecule has 1 atom stereocenters. The van der Waals surface area contributed by atoms with Crippen LogP contribution < -0.4 is 5.73 Å². The molecule has 0 aliphatic rings. The number of carboxylic acid groups (broad SMARTS) is 1. The molecule has 0 aliphatic heterocycles. The van der Waals surface area contributed by atoms with Gasteiger partial charge in [-0.1, -0.05) is 0 Å². The van der Waals surface area contributed by atoms with E-state index in [1.165, 1.54) is 0 Å². The first-order valence-corrected chi connectivity index (χ1v) is 3.16. The van der Waals surface area contributed by atoms with Gasteiger partial charge in [0, 0.05) is 6.04 Å². The first-order chi connectivity index (χ1) is 7.62. The molecule has 0 amide bonds. The van der Waals surface area contributed by atoms with E-state index in [9.17, 15) is 15.0 Å². The largest absolute Gasteiger partial charge is 0.508 e. The zero-order valence-corrected chi connectivity index (χ0v) is 6.33. The number of carboxylic acids is 1. The molecule has 5 N–H and O–H groups in total. The number of aromatic hydroxyl groups is 2. The minimum absolute atomic E-state index is 0.879. The minimum Gasteiger partial charge on any atom is -0.508 e. The van der Waals surface area contributed by atoms with Gasteiger partial charge in [0.05, 0.1) is 5.48 Å². The standard InChI is InChI=1S/C8H9NO4/c9-7(8(12)13)4-1-5(10)3-6(11)2-4/h1-3,7,10-11H,9H2,(H,12,13)/t7-/m0/s1/i1D,2D,3D,7D. The Bertz CT molecular complexity index is 474. The molecule has 70 valence electrons. The lowest BCUT2D eigenvalue weighted by atomic mass is 10.1. The molecule has 13 heavy (non-hydrogen) atoms. The molecule has 0 heterocycles. The third-order valence-corrected chi connectivity index (χ3v) is 1.22. The van der Waals surface area contributed by atoms with Crippen LogP contribution in [0.3, 0.4) is 0 Å². The summed E-state index contributed by atoms with van der Waals surface area (Å²) in [5.74, 6) is -3.91. The SMILES string of the molecule is [2H]c1c(O)c([2H])c([C@]([2H])(N)C(=O)O)c([2H])c1O. The Morgan fingerprint density at radius 2 is 1.92 bits per heavy atom. The average Bonchev–Trinajstić information content (AvgIpc) is 2.23. The van der Waals surface area contributed by atoms with Crippen LogP contribution in [0.4, 0.5) is 0 Å². The van der Waals surface area contributed by atoms with E-state index in [4.69, 9.17) is 16.3 Å². The molecule has 0 fully saturated rings. The van der Waals surface area contributed by atoms with Crippen LogP contribution in [-0.4, -0.2) is 21.3 Å². The predicted molar refractivity (Wildman–Crippen MR) is 44.3 cm³/mol. The summed E-state index contributed by atoms with van der Waals surface area (Å²) in [4.78, 5) is 10.7. The van der Waals surface area contributed by atoms with Crippen molar-refractivity contribution in [2.24, 2.45) is 5.73 Å². The van der Waals surface area contributed by atoms with Gasteiger partial charge in [0.1, 0.15) is 17.5 Å². The van der Waals surface area contributed by atoms with Gasteiger partial charge in [-0.2, -0.15) is 0 Å². The lowest BCUT2D eigenvalue weighted by molar-refractivity contribution is -0.138. The van der Waals surface area contributed by atoms with Gasteiger partial charge in [0.25, 0.3) is 0 Å². The summed E-state index contributed by atoms with van der Waals surface area (Å²) in [6.07, 6.45) is 0. The molecule has 0 aliphatic carbocycles. The second-order valence-corrected chi connectivity index (χ2v) is 2.17. The summed E-state index contributed by atoms with van der Waals surface area (Å²) >= 11 is 0. The van der Waals surface area contributed by atoms with Crippen LogP contribution in [-0.2, 0) is 4.79 Å². The van der Waals surface area contributed by atoms with Gasteiger partial charge in [-0.15, -0.1) is 0 Å². The summed E-state index contributed by atoms with van der Waals surface area (Å²) < 4.78 is 29.2. The quantitative estimate of drug-likeness (QED) is 0.528. The molecular weight excluding hydrogens is 174 g/mol. The van der Waals surface area contributed by atoms with Crippen LogP contribution in [0.1, 0.15) is 17.1 Å². The lowest BCUT2D eigenvalue weighted by Gasteiger charge is -2.07. The van der Waals surface area contributed by atoms with Crippen LogP contribution in [0, 0.1) is 0 Å². The fourth-order valence-electron chi connectivity index (χ4n) is 0.684. The Morgan fingerprint density at radius 1 is 1.46 bits per heavy atom. The highest BCUT2D eigenvalue weighted by molar-refractivity contribution is 5.75. The number of phenolic OH excluding ortho intramolecular Hbond substituents is 2. The van der Waals surface area contributed by atoms with Gasteiger partial charge >= 0.3 is 5.97 Å². The van der Waals surface area contributed by atoms with E-state index in [0.29, 0.717) is 0 Å². The molecular formula is C8H9NO4. The molecule has 0 bridgehead atoms. The van der Waals surface area contributed by atoms with Gasteiger partial charge in [-0.3, -0.25) is 4.79 Å². The maximum atomic E-state index is 10.7. The molecule has 0 saturated heterocycles. The van der Waals surface area contributed by atoms with Crippen LogP contribution >= 0.6 is 0 Å². The number of aliphatic carboxylic acids is 1. The Morgan fingerprint density at radius 3 is 2.31 bits per heavy atom. The Labute approximate surface area is 79.7 Å². The predicted octanol–water partition coefficient (Wildman–Crippen LogP) is 0.182. The van der Waals surface area contributed by atoms with Crippen molar-refractivity contribution in [3.8, 4) is 11.5 Å². The van der Waals surface area contributed by atoms with E-state index < -0.39 is 47.2 Å². The molecule has 0 saturated carbocycles. The molecule has 5 nitrogen and oxygen atoms in total. The van der Waals surface area contributed by atoms with Crippen LogP contribution in [0.15, 0.2) is 18.1 Å². The van der Waals surface area contributed by atoms with Crippen molar-refractivity contribution in [1.29, 1.82) is 0 Å². The summed E-state index contributed by atoms with van der Waals surface area (Å²) in [5, 5.41) is 27.3. The highest BCUT2D eigenvalue weighted by Crippen LogP contribution is 2.23. The molecule has 1 rings (SSSR count). The number of rotatable bonds is 2. The molecule has 0 unspecified atom stereocenters. The zero-order chi connectivity index (χ0) is 13.5. The van der Waals surface area contributed by atoms with Crippen molar-refractivity contribution >= 4 is 5.97 Å². The normalized spacial score (nSPS) is 19.2. The summed E-state index contributed by atoms with van der Waals surface area (Å²) in [6, 6.07) is -5.61. The molecule has 1 aromatic carbocycles. The maximum absolute atomic E-state index is 10.7. The fraction of sp³-hybridized carbons (Fsp3) is 0.125. The van der Waals surface area contributed by atoms with E-state index in [1.807, 2.05) is 0 Å². The number of hydrogen-bond donors (Lipinski definition) is 4. The Balaban J connectivity index is 3.72. The third-order valence-electron chi connectivity index (χ3n) is 1.22. The first-order valence-electron chi connectivity index (χ1n) is 5.16. The smallest absolute Gasteiger partial charge is 0.325 e. The van der Waals surface area contributed by atoms with Gasteiger partial charge in [-0.25, -0.2) is 0 Å². The second-order valence-electron chi connectivity index (χ2n) is 2.17. The minimum atomic E-state index is -2.86. The first kappa shape index (κ1) is 5.08. The van der Waals surface area contributed by atoms with Crippen molar-refractivity contribution in [2.75, 3.05) is 0 Å².